The van der Waals surface area contributed by atoms with Gasteiger partial charge in [0.2, 0.25) is 0 Å². The molecule has 0 amide bonds. The van der Waals surface area contributed by atoms with Crippen molar-refractivity contribution in [1.82, 2.24) is 9.97 Å². The Balaban J connectivity index is 2.42. The summed E-state index contributed by atoms with van der Waals surface area (Å²) in [5.41, 5.74) is 8.05. The molecule has 0 radical (unpaired) electrons. The molecule has 2 N–H and O–H groups in total. The van der Waals surface area contributed by atoms with Crippen LogP contribution < -0.4 is 5.73 Å². The molecular formula is C14H17N3. The lowest BCUT2D eigenvalue weighted by Crippen LogP contribution is -2.06. The molecular weight excluding hydrogens is 210 g/mol. The van der Waals surface area contributed by atoms with E-state index in [0.717, 1.165) is 17.9 Å². The molecule has 0 fully saturated rings. The van der Waals surface area contributed by atoms with Crippen molar-refractivity contribution in [2.75, 3.05) is 5.73 Å². The van der Waals surface area contributed by atoms with Crippen LogP contribution in [0.3, 0.4) is 0 Å². The lowest BCUT2D eigenvalue weighted by Gasteiger charge is -2.15. The van der Waals surface area contributed by atoms with Crippen molar-refractivity contribution < 1.29 is 0 Å². The standard InChI is InChI=1S/C14H17N3/c1-3-12(11-7-5-4-6-8-11)13-9-14(15)17-10(2)16-13/h4-9,12H,3H2,1-2H3,(H2,15,16,17)/t12-/m0/s1. The molecule has 0 bridgehead atoms. The molecule has 0 aliphatic carbocycles. The van der Waals surface area contributed by atoms with Crippen LogP contribution in [0.4, 0.5) is 5.82 Å². The molecule has 17 heavy (non-hydrogen) atoms. The Morgan fingerprint density at radius 2 is 1.88 bits per heavy atom. The number of hydrogen-bond donors (Lipinski definition) is 1. The number of anilines is 1. The van der Waals surface area contributed by atoms with Gasteiger partial charge in [-0.25, -0.2) is 9.97 Å². The quantitative estimate of drug-likeness (QED) is 0.877. The minimum atomic E-state index is 0.292. The lowest BCUT2D eigenvalue weighted by atomic mass is 9.93. The number of nitrogens with two attached hydrogens (primary N) is 1. The van der Waals surface area contributed by atoms with Crippen molar-refractivity contribution in [3.05, 3.63) is 53.5 Å². The SMILES string of the molecule is CC[C@@H](c1ccccc1)c1cc(N)nc(C)n1. The molecule has 0 unspecified atom stereocenters. The molecule has 3 heteroatoms. The third-order valence-corrected chi connectivity index (χ3v) is 2.84. The molecule has 2 rings (SSSR count). The van der Waals surface area contributed by atoms with Crippen molar-refractivity contribution in [2.24, 2.45) is 0 Å². The minimum absolute atomic E-state index is 0.292. The van der Waals surface area contributed by atoms with Gasteiger partial charge in [-0.1, -0.05) is 37.3 Å². The maximum absolute atomic E-state index is 5.78. The molecule has 3 nitrogen and oxygen atoms in total. The molecule has 0 aliphatic heterocycles. The highest BCUT2D eigenvalue weighted by atomic mass is 14.9. The highest BCUT2D eigenvalue weighted by Crippen LogP contribution is 2.26. The molecule has 88 valence electrons. The highest BCUT2D eigenvalue weighted by molar-refractivity contribution is 5.36. The zero-order chi connectivity index (χ0) is 12.3. The molecule has 0 saturated carbocycles. The second-order valence-electron chi connectivity index (χ2n) is 4.14. The number of rotatable bonds is 3. The van der Waals surface area contributed by atoms with Crippen LogP contribution in [0, 0.1) is 6.92 Å². The van der Waals surface area contributed by atoms with Crippen molar-refractivity contribution in [1.29, 1.82) is 0 Å². The van der Waals surface area contributed by atoms with Crippen LogP contribution in [0.1, 0.15) is 36.3 Å². The topological polar surface area (TPSA) is 51.8 Å². The van der Waals surface area contributed by atoms with Gasteiger partial charge in [0.05, 0.1) is 5.69 Å². The van der Waals surface area contributed by atoms with Crippen LogP contribution >= 0.6 is 0 Å². The van der Waals surface area contributed by atoms with Gasteiger partial charge < -0.3 is 5.73 Å². The maximum Gasteiger partial charge on any atom is 0.127 e. The van der Waals surface area contributed by atoms with E-state index in [9.17, 15) is 0 Å². The van der Waals surface area contributed by atoms with E-state index in [0.29, 0.717) is 11.7 Å². The number of benzene rings is 1. The van der Waals surface area contributed by atoms with E-state index >= 15 is 0 Å². The van der Waals surface area contributed by atoms with E-state index in [-0.39, 0.29) is 0 Å². The molecule has 0 saturated heterocycles. The predicted octanol–water partition coefficient (Wildman–Crippen LogP) is 2.91. The van der Waals surface area contributed by atoms with Gasteiger partial charge in [-0.2, -0.15) is 0 Å². The summed E-state index contributed by atoms with van der Waals surface area (Å²) in [4.78, 5) is 8.60. The number of hydrogen-bond acceptors (Lipinski definition) is 3. The normalized spacial score (nSPS) is 12.4. The number of aromatic nitrogens is 2. The zero-order valence-corrected chi connectivity index (χ0v) is 10.2. The van der Waals surface area contributed by atoms with Crippen molar-refractivity contribution >= 4 is 5.82 Å². The fraction of sp³-hybridized carbons (Fsp3) is 0.286. The minimum Gasteiger partial charge on any atom is -0.384 e. The average Bonchev–Trinajstić information content (AvgIpc) is 2.30. The summed E-state index contributed by atoms with van der Waals surface area (Å²) >= 11 is 0. The molecule has 2 aromatic rings. The Morgan fingerprint density at radius 3 is 2.47 bits per heavy atom. The van der Waals surface area contributed by atoms with Crippen LogP contribution in [0.25, 0.3) is 0 Å². The van der Waals surface area contributed by atoms with Gasteiger partial charge in [0.25, 0.3) is 0 Å². The largest absolute Gasteiger partial charge is 0.384 e. The van der Waals surface area contributed by atoms with E-state index in [1.54, 1.807) is 0 Å². The molecule has 0 aliphatic rings. The summed E-state index contributed by atoms with van der Waals surface area (Å²) in [5.74, 6) is 1.57. The van der Waals surface area contributed by atoms with Crippen LogP contribution in [-0.4, -0.2) is 9.97 Å². The molecule has 1 atom stereocenters. The van der Waals surface area contributed by atoms with Gasteiger partial charge in [-0.15, -0.1) is 0 Å². The number of aryl methyl sites for hydroxylation is 1. The first-order valence-electron chi connectivity index (χ1n) is 5.86. The average molecular weight is 227 g/mol. The lowest BCUT2D eigenvalue weighted by molar-refractivity contribution is 0.739. The van der Waals surface area contributed by atoms with E-state index in [2.05, 4.69) is 41.2 Å². The second kappa shape index (κ2) is 4.95. The smallest absolute Gasteiger partial charge is 0.127 e. The van der Waals surface area contributed by atoms with Gasteiger partial charge in [-0.3, -0.25) is 0 Å². The maximum atomic E-state index is 5.78. The summed E-state index contributed by atoms with van der Waals surface area (Å²) in [6.07, 6.45) is 1.000. The van der Waals surface area contributed by atoms with Crippen LogP contribution in [0.15, 0.2) is 36.4 Å². The van der Waals surface area contributed by atoms with Crippen molar-refractivity contribution in [3.8, 4) is 0 Å². The predicted molar refractivity (Wildman–Crippen MR) is 69.8 cm³/mol. The summed E-state index contributed by atoms with van der Waals surface area (Å²) < 4.78 is 0. The molecule has 1 aromatic heterocycles. The Kier molecular flexibility index (Phi) is 3.38. The fourth-order valence-corrected chi connectivity index (χ4v) is 2.09. The van der Waals surface area contributed by atoms with Gasteiger partial charge in [0.1, 0.15) is 11.6 Å². The second-order valence-corrected chi connectivity index (χ2v) is 4.14. The Hall–Kier alpha value is -1.90. The summed E-state index contributed by atoms with van der Waals surface area (Å²) in [5, 5.41) is 0. The number of nitrogens with zero attached hydrogens (tertiary/aromatic N) is 2. The first kappa shape index (κ1) is 11.6. The third kappa shape index (κ3) is 2.61. The Labute approximate surface area is 102 Å². The Morgan fingerprint density at radius 1 is 1.18 bits per heavy atom. The van der Waals surface area contributed by atoms with E-state index in [1.165, 1.54) is 5.56 Å². The van der Waals surface area contributed by atoms with E-state index in [1.807, 2.05) is 19.1 Å². The number of nitrogen functional groups attached to an aromatic ring is 1. The third-order valence-electron chi connectivity index (χ3n) is 2.84. The summed E-state index contributed by atoms with van der Waals surface area (Å²) in [6.45, 7) is 4.03. The van der Waals surface area contributed by atoms with E-state index in [4.69, 9.17) is 5.73 Å². The summed E-state index contributed by atoms with van der Waals surface area (Å²) in [6, 6.07) is 12.2. The molecule has 1 aromatic carbocycles. The monoisotopic (exact) mass is 227 g/mol. The first-order valence-corrected chi connectivity index (χ1v) is 5.86. The van der Waals surface area contributed by atoms with Crippen LogP contribution in [0.2, 0.25) is 0 Å². The van der Waals surface area contributed by atoms with Crippen molar-refractivity contribution in [3.63, 3.8) is 0 Å². The first-order chi connectivity index (χ1) is 8.20. The zero-order valence-electron chi connectivity index (χ0n) is 10.2. The van der Waals surface area contributed by atoms with Crippen LogP contribution in [-0.2, 0) is 0 Å². The van der Waals surface area contributed by atoms with Gasteiger partial charge in [0, 0.05) is 12.0 Å². The van der Waals surface area contributed by atoms with Crippen LogP contribution in [0.5, 0.6) is 0 Å². The highest BCUT2D eigenvalue weighted by Gasteiger charge is 2.14. The van der Waals surface area contributed by atoms with E-state index < -0.39 is 0 Å². The molecule has 0 spiro atoms. The van der Waals surface area contributed by atoms with Gasteiger partial charge in [-0.05, 0) is 18.9 Å². The Bertz CT molecular complexity index is 474. The fourth-order valence-electron chi connectivity index (χ4n) is 2.09. The van der Waals surface area contributed by atoms with Gasteiger partial charge >= 0.3 is 0 Å². The van der Waals surface area contributed by atoms with Crippen molar-refractivity contribution in [2.45, 2.75) is 26.2 Å². The molecule has 1 heterocycles. The van der Waals surface area contributed by atoms with Gasteiger partial charge in [0.15, 0.2) is 0 Å². The summed E-state index contributed by atoms with van der Waals surface area (Å²) in [7, 11) is 0.